The van der Waals surface area contributed by atoms with Gasteiger partial charge in [-0.1, -0.05) is 11.6 Å². The number of furan rings is 1. The molecule has 0 radical (unpaired) electrons. The minimum atomic E-state index is -0.0823. The van der Waals surface area contributed by atoms with Gasteiger partial charge < -0.3 is 14.1 Å². The number of amides is 1. The lowest BCUT2D eigenvalue weighted by Crippen LogP contribution is -2.41. The third-order valence-corrected chi connectivity index (χ3v) is 4.62. The highest BCUT2D eigenvalue weighted by molar-refractivity contribution is 6.30. The molecule has 0 bridgehead atoms. The maximum Gasteiger partial charge on any atom is 0.289 e. The predicted molar refractivity (Wildman–Crippen MR) is 95.0 cm³/mol. The smallest absolute Gasteiger partial charge is 0.289 e. The number of carbonyl (C=O) groups excluding carboxylic acids is 1. The van der Waals surface area contributed by atoms with Gasteiger partial charge in [-0.15, -0.1) is 0 Å². The van der Waals surface area contributed by atoms with Crippen LogP contribution in [0.25, 0.3) is 11.0 Å². The predicted octanol–water partition coefficient (Wildman–Crippen LogP) is 4.16. The minimum absolute atomic E-state index is 0.0823. The molecule has 1 fully saturated rings. The van der Waals surface area contributed by atoms with Gasteiger partial charge in [-0.25, -0.2) is 0 Å². The number of nitrogens with zero attached hydrogens (tertiary/aromatic N) is 2. The molecule has 128 valence electrons. The van der Waals surface area contributed by atoms with Gasteiger partial charge in [-0.3, -0.25) is 9.78 Å². The van der Waals surface area contributed by atoms with Crippen LogP contribution in [0, 0.1) is 0 Å². The number of ether oxygens (including phenoxy) is 1. The van der Waals surface area contributed by atoms with E-state index in [2.05, 4.69) is 4.98 Å². The van der Waals surface area contributed by atoms with Gasteiger partial charge in [0.15, 0.2) is 5.76 Å². The number of benzene rings is 1. The molecule has 0 spiro atoms. The van der Waals surface area contributed by atoms with Gasteiger partial charge in [0.2, 0.25) is 0 Å². The Hall–Kier alpha value is -2.53. The van der Waals surface area contributed by atoms with Crippen LogP contribution >= 0.6 is 11.6 Å². The Morgan fingerprint density at radius 1 is 1.20 bits per heavy atom. The summed E-state index contributed by atoms with van der Waals surface area (Å²) < 4.78 is 11.6. The van der Waals surface area contributed by atoms with E-state index in [4.69, 9.17) is 20.8 Å². The number of hydrogen-bond donors (Lipinski definition) is 0. The zero-order valence-corrected chi connectivity index (χ0v) is 14.3. The van der Waals surface area contributed by atoms with Crippen LogP contribution in [-0.4, -0.2) is 35.0 Å². The maximum atomic E-state index is 12.6. The molecule has 1 aromatic carbocycles. The van der Waals surface area contributed by atoms with Crippen LogP contribution in [0.15, 0.2) is 53.2 Å². The number of aromatic nitrogens is 1. The first-order valence-corrected chi connectivity index (χ1v) is 8.62. The lowest BCUT2D eigenvalue weighted by molar-refractivity contribution is 0.0569. The summed E-state index contributed by atoms with van der Waals surface area (Å²) in [5, 5.41) is 1.53. The molecule has 5 nitrogen and oxygen atoms in total. The molecule has 1 saturated heterocycles. The van der Waals surface area contributed by atoms with E-state index in [0.29, 0.717) is 29.5 Å². The van der Waals surface area contributed by atoms with E-state index in [-0.39, 0.29) is 12.0 Å². The van der Waals surface area contributed by atoms with E-state index in [9.17, 15) is 4.79 Å². The number of carbonyl (C=O) groups is 1. The number of piperidine rings is 1. The van der Waals surface area contributed by atoms with Crippen molar-refractivity contribution in [3.05, 3.63) is 59.6 Å². The van der Waals surface area contributed by atoms with E-state index >= 15 is 0 Å². The van der Waals surface area contributed by atoms with E-state index in [1.54, 1.807) is 24.5 Å². The largest absolute Gasteiger partial charge is 0.490 e. The number of hydrogen-bond acceptors (Lipinski definition) is 4. The Labute approximate surface area is 150 Å². The van der Waals surface area contributed by atoms with Crippen molar-refractivity contribution in [1.29, 1.82) is 0 Å². The van der Waals surface area contributed by atoms with E-state index < -0.39 is 0 Å². The monoisotopic (exact) mass is 356 g/mol. The summed E-state index contributed by atoms with van der Waals surface area (Å²) in [6, 6.07) is 10.9. The Kier molecular flexibility index (Phi) is 4.32. The van der Waals surface area contributed by atoms with Gasteiger partial charge in [-0.2, -0.15) is 0 Å². The Bertz CT molecular complexity index is 850. The molecule has 0 unspecified atom stereocenters. The van der Waals surface area contributed by atoms with Crippen molar-refractivity contribution < 1.29 is 13.9 Å². The zero-order chi connectivity index (χ0) is 17.2. The number of fused-ring (bicyclic) bond motifs is 1. The third kappa shape index (κ3) is 3.46. The van der Waals surface area contributed by atoms with Gasteiger partial charge in [0.25, 0.3) is 5.91 Å². The second-order valence-corrected chi connectivity index (χ2v) is 6.52. The molecule has 1 amide bonds. The Balaban J connectivity index is 1.37. The normalized spacial score (nSPS) is 15.5. The third-order valence-electron chi connectivity index (χ3n) is 4.37. The molecule has 3 aromatic rings. The number of halogens is 1. The lowest BCUT2D eigenvalue weighted by atomic mass is 10.1. The van der Waals surface area contributed by atoms with Crippen molar-refractivity contribution >= 4 is 28.5 Å². The fourth-order valence-electron chi connectivity index (χ4n) is 3.03. The molecule has 6 heteroatoms. The van der Waals surface area contributed by atoms with Crippen molar-refractivity contribution in [2.24, 2.45) is 0 Å². The van der Waals surface area contributed by atoms with E-state index in [0.717, 1.165) is 24.0 Å². The van der Waals surface area contributed by atoms with E-state index in [1.807, 2.05) is 29.2 Å². The average molecular weight is 357 g/mol. The standard InChI is InChI=1S/C19H17ClN2O3/c20-14-1-3-15(4-2-14)24-16-6-9-22(10-7-16)19(23)18-11-13-12-21-8-5-17(13)25-18/h1-5,8,11-12,16H,6-7,9-10H2. The minimum Gasteiger partial charge on any atom is -0.490 e. The number of rotatable bonds is 3. The topological polar surface area (TPSA) is 55.6 Å². The molecule has 4 rings (SSSR count). The molecule has 25 heavy (non-hydrogen) atoms. The molecular weight excluding hydrogens is 340 g/mol. The van der Waals surface area contributed by atoms with Crippen LogP contribution in [0.3, 0.4) is 0 Å². The van der Waals surface area contributed by atoms with Crippen LogP contribution in [0.1, 0.15) is 23.4 Å². The van der Waals surface area contributed by atoms with Gasteiger partial charge >= 0.3 is 0 Å². The van der Waals surface area contributed by atoms with Crippen molar-refractivity contribution in [1.82, 2.24) is 9.88 Å². The number of pyridine rings is 1. The molecule has 2 aromatic heterocycles. The summed E-state index contributed by atoms with van der Waals surface area (Å²) in [7, 11) is 0. The first-order chi connectivity index (χ1) is 12.2. The fourth-order valence-corrected chi connectivity index (χ4v) is 3.15. The molecule has 0 atom stereocenters. The Morgan fingerprint density at radius 2 is 1.96 bits per heavy atom. The molecule has 1 aliphatic heterocycles. The molecule has 3 heterocycles. The quantitative estimate of drug-likeness (QED) is 0.707. The van der Waals surface area contributed by atoms with Crippen LogP contribution in [0.4, 0.5) is 0 Å². The fraction of sp³-hybridized carbons (Fsp3) is 0.263. The summed E-state index contributed by atoms with van der Waals surface area (Å²) >= 11 is 5.88. The molecule has 0 N–H and O–H groups in total. The summed E-state index contributed by atoms with van der Waals surface area (Å²) in [5.41, 5.74) is 0.680. The second-order valence-electron chi connectivity index (χ2n) is 6.09. The van der Waals surface area contributed by atoms with Crippen molar-refractivity contribution in [2.75, 3.05) is 13.1 Å². The molecule has 0 saturated carbocycles. The van der Waals surface area contributed by atoms with E-state index in [1.165, 1.54) is 0 Å². The molecule has 0 aliphatic carbocycles. The highest BCUT2D eigenvalue weighted by Crippen LogP contribution is 2.23. The average Bonchev–Trinajstić information content (AvgIpc) is 3.08. The van der Waals surface area contributed by atoms with Gasteiger partial charge in [0.1, 0.15) is 17.4 Å². The van der Waals surface area contributed by atoms with Crippen LogP contribution < -0.4 is 4.74 Å². The lowest BCUT2D eigenvalue weighted by Gasteiger charge is -2.31. The highest BCUT2D eigenvalue weighted by atomic mass is 35.5. The maximum absolute atomic E-state index is 12.6. The van der Waals surface area contributed by atoms with Gasteiger partial charge in [0, 0.05) is 48.7 Å². The summed E-state index contributed by atoms with van der Waals surface area (Å²) in [6.07, 6.45) is 5.03. The second kappa shape index (κ2) is 6.76. The van der Waals surface area contributed by atoms with Crippen molar-refractivity contribution in [2.45, 2.75) is 18.9 Å². The first-order valence-electron chi connectivity index (χ1n) is 8.24. The summed E-state index contributed by atoms with van der Waals surface area (Å²) in [5.74, 6) is 1.08. The summed E-state index contributed by atoms with van der Waals surface area (Å²) in [4.78, 5) is 18.5. The molecular formula is C19H17ClN2O3. The first kappa shape index (κ1) is 16.0. The number of likely N-dealkylation sites (tertiary alicyclic amines) is 1. The zero-order valence-electron chi connectivity index (χ0n) is 13.5. The van der Waals surface area contributed by atoms with Crippen molar-refractivity contribution in [3.8, 4) is 5.75 Å². The SMILES string of the molecule is O=C(c1cc2cnccc2o1)N1CCC(Oc2ccc(Cl)cc2)CC1. The summed E-state index contributed by atoms with van der Waals surface area (Å²) in [6.45, 7) is 1.29. The Morgan fingerprint density at radius 3 is 2.68 bits per heavy atom. The van der Waals surface area contributed by atoms with Crippen LogP contribution in [-0.2, 0) is 0 Å². The van der Waals surface area contributed by atoms with Crippen molar-refractivity contribution in [3.63, 3.8) is 0 Å². The van der Waals surface area contributed by atoms with Crippen LogP contribution in [0.2, 0.25) is 5.02 Å². The molecule has 1 aliphatic rings. The van der Waals surface area contributed by atoms with Crippen LogP contribution in [0.5, 0.6) is 5.75 Å². The van der Waals surface area contributed by atoms with Gasteiger partial charge in [0.05, 0.1) is 0 Å². The highest BCUT2D eigenvalue weighted by Gasteiger charge is 2.26. The van der Waals surface area contributed by atoms with Gasteiger partial charge in [-0.05, 0) is 36.4 Å².